The van der Waals surface area contributed by atoms with Crippen LogP contribution in [0.5, 0.6) is 0 Å². The van der Waals surface area contributed by atoms with E-state index in [-0.39, 0.29) is 5.82 Å². The summed E-state index contributed by atoms with van der Waals surface area (Å²) in [7, 11) is 0. The van der Waals surface area contributed by atoms with Crippen molar-refractivity contribution in [3.8, 4) is 28.5 Å². The van der Waals surface area contributed by atoms with Crippen LogP contribution in [-0.2, 0) is 0 Å². The molecular formula is C19H14BrN3. The predicted molar refractivity (Wildman–Crippen MR) is 96.7 cm³/mol. The average molecular weight is 364 g/mol. The number of nitrogens with zero attached hydrogens (tertiary/aromatic N) is 2. The molecule has 0 unspecified atom stereocenters. The van der Waals surface area contributed by atoms with E-state index in [1.807, 2.05) is 61.5 Å². The number of aryl methyl sites for hydroxylation is 1. The van der Waals surface area contributed by atoms with Crippen molar-refractivity contribution in [3.63, 3.8) is 0 Å². The van der Waals surface area contributed by atoms with Gasteiger partial charge >= 0.3 is 0 Å². The predicted octanol–water partition coefficient (Wildman–Crippen LogP) is 4.94. The summed E-state index contributed by atoms with van der Waals surface area (Å²) < 4.78 is 1.00. The second-order valence-electron chi connectivity index (χ2n) is 5.30. The first-order chi connectivity index (χ1) is 11.1. The van der Waals surface area contributed by atoms with E-state index < -0.39 is 0 Å². The normalized spacial score (nSPS) is 10.3. The number of aromatic nitrogens is 1. The highest BCUT2D eigenvalue weighted by Gasteiger charge is 2.13. The third-order valence-corrected chi connectivity index (χ3v) is 4.16. The molecule has 0 aliphatic carbocycles. The molecule has 0 fully saturated rings. The Bertz CT molecular complexity index is 909. The van der Waals surface area contributed by atoms with Crippen LogP contribution in [0.2, 0.25) is 0 Å². The third-order valence-electron chi connectivity index (χ3n) is 3.63. The molecule has 3 aromatic rings. The Kier molecular flexibility index (Phi) is 4.14. The highest BCUT2D eigenvalue weighted by Crippen LogP contribution is 2.31. The van der Waals surface area contributed by atoms with Crippen molar-refractivity contribution < 1.29 is 0 Å². The van der Waals surface area contributed by atoms with Crippen molar-refractivity contribution in [2.75, 3.05) is 5.73 Å². The van der Waals surface area contributed by atoms with Crippen molar-refractivity contribution in [2.45, 2.75) is 6.92 Å². The van der Waals surface area contributed by atoms with Crippen LogP contribution in [0.15, 0.2) is 59.1 Å². The van der Waals surface area contributed by atoms with Crippen LogP contribution in [0, 0.1) is 18.3 Å². The van der Waals surface area contributed by atoms with E-state index in [0.717, 1.165) is 32.4 Å². The maximum atomic E-state index is 9.45. The van der Waals surface area contributed by atoms with Crippen LogP contribution in [0.25, 0.3) is 22.4 Å². The Morgan fingerprint density at radius 3 is 2.43 bits per heavy atom. The van der Waals surface area contributed by atoms with Gasteiger partial charge in [-0.2, -0.15) is 5.26 Å². The molecule has 3 nitrogen and oxygen atoms in total. The highest BCUT2D eigenvalue weighted by atomic mass is 79.9. The lowest BCUT2D eigenvalue weighted by Crippen LogP contribution is -1.99. The van der Waals surface area contributed by atoms with Gasteiger partial charge in [-0.05, 0) is 30.7 Å². The zero-order valence-corrected chi connectivity index (χ0v) is 14.1. The fourth-order valence-electron chi connectivity index (χ4n) is 2.49. The van der Waals surface area contributed by atoms with Crippen molar-refractivity contribution in [2.24, 2.45) is 0 Å². The fraction of sp³-hybridized carbons (Fsp3) is 0.0526. The topological polar surface area (TPSA) is 62.7 Å². The van der Waals surface area contributed by atoms with Crippen LogP contribution in [0.3, 0.4) is 0 Å². The molecule has 1 heterocycles. The summed E-state index contributed by atoms with van der Waals surface area (Å²) in [5, 5.41) is 9.45. The van der Waals surface area contributed by atoms with Gasteiger partial charge in [-0.15, -0.1) is 0 Å². The van der Waals surface area contributed by atoms with E-state index in [1.54, 1.807) is 0 Å². The lowest BCUT2D eigenvalue weighted by Gasteiger charge is -2.11. The third kappa shape index (κ3) is 3.10. The molecule has 0 aliphatic rings. The minimum atomic E-state index is 0.254. The molecule has 3 rings (SSSR count). The summed E-state index contributed by atoms with van der Waals surface area (Å²) in [5.74, 6) is 0.254. The first kappa shape index (κ1) is 15.3. The first-order valence-electron chi connectivity index (χ1n) is 7.12. The first-order valence-corrected chi connectivity index (χ1v) is 7.91. The van der Waals surface area contributed by atoms with E-state index in [2.05, 4.69) is 27.0 Å². The number of nitriles is 1. The summed E-state index contributed by atoms with van der Waals surface area (Å²) in [6, 6.07) is 20.0. The maximum absolute atomic E-state index is 9.45. The molecule has 23 heavy (non-hydrogen) atoms. The zero-order valence-electron chi connectivity index (χ0n) is 12.5. The molecule has 0 amide bonds. The summed E-state index contributed by atoms with van der Waals surface area (Å²) in [6.45, 7) is 2.02. The zero-order chi connectivity index (χ0) is 16.4. The van der Waals surface area contributed by atoms with E-state index in [0.29, 0.717) is 5.56 Å². The molecule has 0 aliphatic heterocycles. The minimum Gasteiger partial charge on any atom is -0.383 e. The second kappa shape index (κ2) is 6.23. The smallest absolute Gasteiger partial charge is 0.142 e. The highest BCUT2D eigenvalue weighted by molar-refractivity contribution is 9.10. The number of nitrogens with two attached hydrogens (primary N) is 1. The van der Waals surface area contributed by atoms with Crippen LogP contribution < -0.4 is 5.73 Å². The van der Waals surface area contributed by atoms with Crippen LogP contribution in [0.4, 0.5) is 5.82 Å². The standard InChI is InChI=1S/C19H14BrN3/c1-12-3-2-4-14(9-12)16-10-18(23-19(22)17(16)11-21)13-5-7-15(20)8-6-13/h2-10H,1H3,(H2,22,23). The van der Waals surface area contributed by atoms with E-state index in [9.17, 15) is 5.26 Å². The van der Waals surface area contributed by atoms with Crippen molar-refractivity contribution in [1.82, 2.24) is 4.98 Å². The Hall–Kier alpha value is -2.64. The molecule has 0 bridgehead atoms. The van der Waals surface area contributed by atoms with Gasteiger partial charge in [0.05, 0.1) is 5.69 Å². The summed E-state index contributed by atoms with van der Waals surface area (Å²) in [4.78, 5) is 4.39. The summed E-state index contributed by atoms with van der Waals surface area (Å²) >= 11 is 3.43. The summed E-state index contributed by atoms with van der Waals surface area (Å²) in [6.07, 6.45) is 0. The van der Waals surface area contributed by atoms with Gasteiger partial charge in [-0.1, -0.05) is 57.9 Å². The molecule has 1 aromatic heterocycles. The molecular weight excluding hydrogens is 350 g/mol. The number of benzene rings is 2. The Morgan fingerprint density at radius 2 is 1.78 bits per heavy atom. The van der Waals surface area contributed by atoms with Gasteiger partial charge in [0.15, 0.2) is 0 Å². The number of rotatable bonds is 2. The SMILES string of the molecule is Cc1cccc(-c2cc(-c3ccc(Br)cc3)nc(N)c2C#N)c1. The average Bonchev–Trinajstić information content (AvgIpc) is 2.55. The maximum Gasteiger partial charge on any atom is 0.142 e. The molecule has 0 radical (unpaired) electrons. The van der Waals surface area contributed by atoms with Gasteiger partial charge in [0.25, 0.3) is 0 Å². The largest absolute Gasteiger partial charge is 0.383 e. The van der Waals surface area contributed by atoms with Gasteiger partial charge in [0, 0.05) is 15.6 Å². The van der Waals surface area contributed by atoms with Crippen molar-refractivity contribution in [3.05, 3.63) is 70.2 Å². The van der Waals surface area contributed by atoms with E-state index in [1.165, 1.54) is 0 Å². The van der Waals surface area contributed by atoms with E-state index in [4.69, 9.17) is 5.73 Å². The number of anilines is 1. The van der Waals surface area contributed by atoms with Crippen LogP contribution >= 0.6 is 15.9 Å². The monoisotopic (exact) mass is 363 g/mol. The van der Waals surface area contributed by atoms with Gasteiger partial charge in [0.1, 0.15) is 17.5 Å². The van der Waals surface area contributed by atoms with Crippen LogP contribution in [0.1, 0.15) is 11.1 Å². The van der Waals surface area contributed by atoms with Gasteiger partial charge < -0.3 is 5.73 Å². The second-order valence-corrected chi connectivity index (χ2v) is 6.22. The Morgan fingerprint density at radius 1 is 1.04 bits per heavy atom. The molecule has 0 saturated heterocycles. The molecule has 112 valence electrons. The van der Waals surface area contributed by atoms with Gasteiger partial charge in [0.2, 0.25) is 0 Å². The lowest BCUT2D eigenvalue weighted by atomic mass is 9.97. The minimum absolute atomic E-state index is 0.254. The molecule has 2 aromatic carbocycles. The number of hydrogen-bond donors (Lipinski definition) is 1. The summed E-state index contributed by atoms with van der Waals surface area (Å²) in [5.41, 5.74) is 11.1. The Balaban J connectivity index is 2.22. The number of pyridine rings is 1. The molecule has 2 N–H and O–H groups in total. The molecule has 0 atom stereocenters. The van der Waals surface area contributed by atoms with Crippen LogP contribution in [-0.4, -0.2) is 4.98 Å². The number of halogens is 1. The van der Waals surface area contributed by atoms with Crippen molar-refractivity contribution in [1.29, 1.82) is 5.26 Å². The van der Waals surface area contributed by atoms with Crippen molar-refractivity contribution >= 4 is 21.7 Å². The molecule has 0 spiro atoms. The number of hydrogen-bond acceptors (Lipinski definition) is 3. The quantitative estimate of drug-likeness (QED) is 0.701. The van der Waals surface area contributed by atoms with Gasteiger partial charge in [-0.3, -0.25) is 0 Å². The van der Waals surface area contributed by atoms with E-state index >= 15 is 0 Å². The Labute approximate surface area is 143 Å². The lowest BCUT2D eigenvalue weighted by molar-refractivity contribution is 1.31. The number of nitrogen functional groups attached to an aromatic ring is 1. The van der Waals surface area contributed by atoms with Gasteiger partial charge in [-0.25, -0.2) is 4.98 Å². The molecule has 0 saturated carbocycles. The fourth-order valence-corrected chi connectivity index (χ4v) is 2.76. The molecule has 4 heteroatoms.